The van der Waals surface area contributed by atoms with Crippen molar-refractivity contribution < 1.29 is 9.18 Å². The standard InChI is InChI=1S/C15H13FN6O/c1-17-15(23)10-6-11(16)13(19-7-10)8-22-9-14(20-21-22)12-4-2-3-5-18-12/h2-7,9H,8H2,1H3,(H,17,23). The van der Waals surface area contributed by atoms with Gasteiger partial charge < -0.3 is 5.32 Å². The highest BCUT2D eigenvalue weighted by Gasteiger charge is 2.12. The van der Waals surface area contributed by atoms with Crippen molar-refractivity contribution in [1.82, 2.24) is 30.3 Å². The lowest BCUT2D eigenvalue weighted by molar-refractivity contribution is 0.0962. The van der Waals surface area contributed by atoms with Crippen LogP contribution in [0.4, 0.5) is 4.39 Å². The number of hydrogen-bond donors (Lipinski definition) is 1. The molecular formula is C15H13FN6O. The lowest BCUT2D eigenvalue weighted by atomic mass is 10.2. The van der Waals surface area contributed by atoms with Gasteiger partial charge in [-0.3, -0.25) is 14.8 Å². The lowest BCUT2D eigenvalue weighted by Crippen LogP contribution is -2.18. The first-order chi connectivity index (χ1) is 11.2. The Balaban J connectivity index is 1.80. The van der Waals surface area contributed by atoms with Crippen LogP contribution < -0.4 is 5.32 Å². The van der Waals surface area contributed by atoms with E-state index >= 15 is 0 Å². The van der Waals surface area contributed by atoms with E-state index in [0.29, 0.717) is 11.4 Å². The van der Waals surface area contributed by atoms with Gasteiger partial charge in [0.25, 0.3) is 5.91 Å². The Morgan fingerprint density at radius 2 is 2.17 bits per heavy atom. The van der Waals surface area contributed by atoms with Crippen LogP contribution in [-0.2, 0) is 6.54 Å². The van der Waals surface area contributed by atoms with Crippen molar-refractivity contribution in [3.05, 3.63) is 59.9 Å². The van der Waals surface area contributed by atoms with E-state index in [9.17, 15) is 9.18 Å². The third-order valence-corrected chi connectivity index (χ3v) is 3.18. The normalized spacial score (nSPS) is 10.5. The number of nitrogens with one attached hydrogen (secondary N) is 1. The van der Waals surface area contributed by atoms with Gasteiger partial charge in [-0.15, -0.1) is 5.10 Å². The average molecular weight is 312 g/mol. The summed E-state index contributed by atoms with van der Waals surface area (Å²) in [6, 6.07) is 6.62. The van der Waals surface area contributed by atoms with Gasteiger partial charge in [-0.05, 0) is 18.2 Å². The first-order valence-electron chi connectivity index (χ1n) is 6.85. The molecule has 0 radical (unpaired) electrons. The molecule has 0 aliphatic heterocycles. The Kier molecular flexibility index (Phi) is 4.05. The van der Waals surface area contributed by atoms with Crippen LogP contribution in [0.2, 0.25) is 0 Å². The minimum absolute atomic E-state index is 0.111. The van der Waals surface area contributed by atoms with Crippen molar-refractivity contribution in [3.8, 4) is 11.4 Å². The molecule has 8 heteroatoms. The molecule has 0 fully saturated rings. The minimum Gasteiger partial charge on any atom is -0.355 e. The molecule has 0 atom stereocenters. The monoisotopic (exact) mass is 312 g/mol. The number of rotatable bonds is 4. The van der Waals surface area contributed by atoms with Crippen LogP contribution in [0.25, 0.3) is 11.4 Å². The van der Waals surface area contributed by atoms with Crippen LogP contribution in [0.3, 0.4) is 0 Å². The van der Waals surface area contributed by atoms with E-state index in [2.05, 4.69) is 25.6 Å². The molecule has 0 aliphatic carbocycles. The maximum atomic E-state index is 14.0. The molecule has 0 unspecified atom stereocenters. The zero-order valence-electron chi connectivity index (χ0n) is 12.3. The molecule has 3 rings (SSSR count). The number of carbonyl (C=O) groups is 1. The van der Waals surface area contributed by atoms with Gasteiger partial charge in [-0.2, -0.15) is 0 Å². The molecule has 0 bridgehead atoms. The Morgan fingerprint density at radius 1 is 1.30 bits per heavy atom. The summed E-state index contributed by atoms with van der Waals surface area (Å²) in [5.41, 5.74) is 1.62. The second-order valence-corrected chi connectivity index (χ2v) is 4.75. The maximum Gasteiger partial charge on any atom is 0.252 e. The van der Waals surface area contributed by atoms with Crippen molar-refractivity contribution in [2.45, 2.75) is 6.54 Å². The highest BCUT2D eigenvalue weighted by atomic mass is 19.1. The van der Waals surface area contributed by atoms with Gasteiger partial charge in [0.1, 0.15) is 11.5 Å². The SMILES string of the molecule is CNC(=O)c1cnc(Cn2cc(-c3ccccn3)nn2)c(F)c1. The highest BCUT2D eigenvalue weighted by Crippen LogP contribution is 2.13. The molecule has 3 aromatic rings. The summed E-state index contributed by atoms with van der Waals surface area (Å²) in [5, 5.41) is 10.4. The molecule has 0 spiro atoms. The third kappa shape index (κ3) is 3.20. The summed E-state index contributed by atoms with van der Waals surface area (Å²) in [6.07, 6.45) is 4.65. The summed E-state index contributed by atoms with van der Waals surface area (Å²) >= 11 is 0. The summed E-state index contributed by atoms with van der Waals surface area (Å²) in [7, 11) is 1.47. The zero-order chi connectivity index (χ0) is 16.2. The van der Waals surface area contributed by atoms with E-state index in [1.54, 1.807) is 18.5 Å². The summed E-state index contributed by atoms with van der Waals surface area (Å²) in [4.78, 5) is 19.6. The predicted octanol–water partition coefficient (Wildman–Crippen LogP) is 1.28. The molecule has 7 nitrogen and oxygen atoms in total. The van der Waals surface area contributed by atoms with Gasteiger partial charge in [0, 0.05) is 19.4 Å². The van der Waals surface area contributed by atoms with E-state index in [-0.39, 0.29) is 23.7 Å². The summed E-state index contributed by atoms with van der Waals surface area (Å²) in [5.74, 6) is -0.956. The van der Waals surface area contributed by atoms with Crippen LogP contribution in [-0.4, -0.2) is 37.9 Å². The first kappa shape index (κ1) is 14.8. The summed E-state index contributed by atoms with van der Waals surface area (Å²) in [6.45, 7) is 0.111. The average Bonchev–Trinajstić information content (AvgIpc) is 3.05. The van der Waals surface area contributed by atoms with Crippen molar-refractivity contribution in [3.63, 3.8) is 0 Å². The van der Waals surface area contributed by atoms with Crippen molar-refractivity contribution in [2.24, 2.45) is 0 Å². The zero-order valence-corrected chi connectivity index (χ0v) is 12.3. The van der Waals surface area contributed by atoms with Gasteiger partial charge >= 0.3 is 0 Å². The molecule has 116 valence electrons. The fourth-order valence-electron chi connectivity index (χ4n) is 2.01. The Bertz CT molecular complexity index is 833. The largest absolute Gasteiger partial charge is 0.355 e. The molecule has 23 heavy (non-hydrogen) atoms. The van der Waals surface area contributed by atoms with Gasteiger partial charge in [0.2, 0.25) is 0 Å². The second-order valence-electron chi connectivity index (χ2n) is 4.75. The number of nitrogens with zero attached hydrogens (tertiary/aromatic N) is 5. The molecule has 0 aliphatic rings. The third-order valence-electron chi connectivity index (χ3n) is 3.18. The number of pyridine rings is 2. The van der Waals surface area contributed by atoms with E-state index in [0.717, 1.165) is 6.07 Å². The Hall–Kier alpha value is -3.16. The van der Waals surface area contributed by atoms with Crippen LogP contribution in [0.15, 0.2) is 42.9 Å². The smallest absolute Gasteiger partial charge is 0.252 e. The van der Waals surface area contributed by atoms with Gasteiger partial charge in [-0.25, -0.2) is 9.07 Å². The number of halogens is 1. The Labute approximate surface area is 131 Å². The molecular weight excluding hydrogens is 299 g/mol. The molecule has 1 N–H and O–H groups in total. The van der Waals surface area contributed by atoms with Crippen molar-refractivity contribution in [1.29, 1.82) is 0 Å². The summed E-state index contributed by atoms with van der Waals surface area (Å²) < 4.78 is 15.5. The quantitative estimate of drug-likeness (QED) is 0.784. The number of amides is 1. The topological polar surface area (TPSA) is 85.6 Å². The number of hydrogen-bond acceptors (Lipinski definition) is 5. The van der Waals surface area contributed by atoms with Gasteiger partial charge in [0.05, 0.1) is 29.7 Å². The van der Waals surface area contributed by atoms with Gasteiger partial charge in [0.15, 0.2) is 0 Å². The maximum absolute atomic E-state index is 14.0. The predicted molar refractivity (Wildman–Crippen MR) is 79.9 cm³/mol. The first-order valence-corrected chi connectivity index (χ1v) is 6.85. The molecule has 3 aromatic heterocycles. The van der Waals surface area contributed by atoms with Crippen LogP contribution in [0, 0.1) is 5.82 Å². The van der Waals surface area contributed by atoms with E-state index in [4.69, 9.17) is 0 Å². The van der Waals surface area contributed by atoms with Crippen LogP contribution >= 0.6 is 0 Å². The van der Waals surface area contributed by atoms with E-state index in [1.807, 2.05) is 12.1 Å². The molecule has 3 heterocycles. The minimum atomic E-state index is -0.569. The molecule has 1 amide bonds. The number of aromatic nitrogens is 5. The van der Waals surface area contributed by atoms with E-state index < -0.39 is 5.82 Å². The fourth-order valence-corrected chi connectivity index (χ4v) is 2.01. The van der Waals surface area contributed by atoms with Crippen molar-refractivity contribution >= 4 is 5.91 Å². The lowest BCUT2D eigenvalue weighted by Gasteiger charge is -2.04. The highest BCUT2D eigenvalue weighted by molar-refractivity contribution is 5.93. The number of carbonyl (C=O) groups excluding carboxylic acids is 1. The van der Waals surface area contributed by atoms with Crippen molar-refractivity contribution in [2.75, 3.05) is 7.05 Å². The molecule has 0 saturated carbocycles. The van der Waals surface area contributed by atoms with Gasteiger partial charge in [-0.1, -0.05) is 11.3 Å². The molecule has 0 saturated heterocycles. The fraction of sp³-hybridized carbons (Fsp3) is 0.133. The molecule has 0 aromatic carbocycles. The van der Waals surface area contributed by atoms with Crippen LogP contribution in [0.1, 0.15) is 16.1 Å². The Morgan fingerprint density at radius 3 is 2.87 bits per heavy atom. The second kappa shape index (κ2) is 6.30. The van der Waals surface area contributed by atoms with Crippen LogP contribution in [0.5, 0.6) is 0 Å². The van der Waals surface area contributed by atoms with E-state index in [1.165, 1.54) is 17.9 Å².